The largest absolute Gasteiger partial charge is 0.488 e. The molecule has 5 rings (SSSR count). The summed E-state index contributed by atoms with van der Waals surface area (Å²) in [5.41, 5.74) is 4.83. The van der Waals surface area contributed by atoms with Crippen LogP contribution in [0.5, 0.6) is 11.5 Å². The molecule has 0 spiro atoms. The van der Waals surface area contributed by atoms with E-state index >= 15 is 0 Å². The molecule has 4 aromatic carbocycles. The van der Waals surface area contributed by atoms with Gasteiger partial charge in [0.1, 0.15) is 30.0 Å². The monoisotopic (exact) mass is 560 g/mol. The fourth-order valence-electron chi connectivity index (χ4n) is 4.19. The molecule has 0 atom stereocenters. The van der Waals surface area contributed by atoms with Crippen LogP contribution in [0.2, 0.25) is 5.02 Å². The van der Waals surface area contributed by atoms with Crippen molar-refractivity contribution < 1.29 is 24.1 Å². The van der Waals surface area contributed by atoms with Crippen molar-refractivity contribution in [2.75, 3.05) is 13.2 Å². The number of nitrogens with one attached hydrogen (secondary N) is 1. The number of nitrogens with zero attached hydrogens (tertiary/aromatic N) is 3. The third kappa shape index (κ3) is 6.20. The molecule has 10 nitrogen and oxygen atoms in total. The summed E-state index contributed by atoms with van der Waals surface area (Å²) in [6, 6.07) is 23.6. The van der Waals surface area contributed by atoms with Gasteiger partial charge in [0.2, 0.25) is 5.75 Å². The van der Waals surface area contributed by atoms with Gasteiger partial charge in [-0.05, 0) is 33.6 Å². The molecule has 0 fully saturated rings. The van der Waals surface area contributed by atoms with Gasteiger partial charge < -0.3 is 19.9 Å². The SMILES string of the molecule is O=[N+]([O-])c1cc(CNCCO)c(OCc2ccc3nonc3c2)cc1OCc1cccc(-c2ccccc2)c1Cl. The summed E-state index contributed by atoms with van der Waals surface area (Å²) in [6.07, 6.45) is 0. The first-order chi connectivity index (χ1) is 19.5. The summed E-state index contributed by atoms with van der Waals surface area (Å²) in [6.45, 7) is 0.662. The molecule has 0 saturated heterocycles. The molecule has 0 bridgehead atoms. The molecule has 11 heteroatoms. The second-order valence-corrected chi connectivity index (χ2v) is 9.27. The standard InChI is InChI=1S/C29H25ClN4O6/c30-29-21(7-4-8-23(29)20-5-2-1-3-6-20)18-39-28-15-27(22(16-31-11-12-35)14-26(28)34(36)37)38-17-19-9-10-24-25(13-19)33-40-32-24/h1-10,13-15,31,35H,11-12,16-18H2. The van der Waals surface area contributed by atoms with Gasteiger partial charge in [-0.1, -0.05) is 66.2 Å². The van der Waals surface area contributed by atoms with Crippen molar-refractivity contribution in [1.29, 1.82) is 0 Å². The van der Waals surface area contributed by atoms with E-state index in [0.29, 0.717) is 39.5 Å². The number of nitro groups is 1. The number of aliphatic hydroxyl groups excluding tert-OH is 1. The highest BCUT2D eigenvalue weighted by atomic mass is 35.5. The summed E-state index contributed by atoms with van der Waals surface area (Å²) in [5, 5.41) is 32.4. The maximum atomic E-state index is 12.0. The third-order valence-electron chi connectivity index (χ3n) is 6.20. The number of nitro benzene ring substituents is 1. The van der Waals surface area contributed by atoms with Crippen LogP contribution >= 0.6 is 11.6 Å². The van der Waals surface area contributed by atoms with Crippen molar-refractivity contribution in [3.63, 3.8) is 0 Å². The van der Waals surface area contributed by atoms with E-state index < -0.39 is 4.92 Å². The minimum atomic E-state index is -0.498. The van der Waals surface area contributed by atoms with E-state index in [0.717, 1.165) is 16.7 Å². The first-order valence-electron chi connectivity index (χ1n) is 12.5. The van der Waals surface area contributed by atoms with Crippen molar-refractivity contribution in [1.82, 2.24) is 15.6 Å². The summed E-state index contributed by atoms with van der Waals surface area (Å²) >= 11 is 6.71. The van der Waals surface area contributed by atoms with Gasteiger partial charge in [-0.3, -0.25) is 10.1 Å². The molecular weight excluding hydrogens is 536 g/mol. The Morgan fingerprint density at radius 2 is 1.70 bits per heavy atom. The van der Waals surface area contributed by atoms with Gasteiger partial charge in [-0.15, -0.1) is 0 Å². The fourth-order valence-corrected chi connectivity index (χ4v) is 4.48. The van der Waals surface area contributed by atoms with Crippen LogP contribution in [0.4, 0.5) is 5.69 Å². The van der Waals surface area contributed by atoms with Crippen LogP contribution in [0, 0.1) is 10.1 Å². The second-order valence-electron chi connectivity index (χ2n) is 8.89. The lowest BCUT2D eigenvalue weighted by Gasteiger charge is -2.16. The molecule has 0 amide bonds. The summed E-state index contributed by atoms with van der Waals surface area (Å²) in [4.78, 5) is 11.5. The number of halogens is 1. The first kappa shape index (κ1) is 27.1. The van der Waals surface area contributed by atoms with Crippen molar-refractivity contribution in [3.05, 3.63) is 111 Å². The number of aromatic nitrogens is 2. The Balaban J connectivity index is 1.42. The molecule has 5 aromatic rings. The average Bonchev–Trinajstić information content (AvgIpc) is 3.44. The molecule has 0 saturated carbocycles. The Bertz CT molecular complexity index is 1630. The van der Waals surface area contributed by atoms with Crippen LogP contribution in [0.1, 0.15) is 16.7 Å². The van der Waals surface area contributed by atoms with Crippen LogP contribution in [-0.2, 0) is 19.8 Å². The smallest absolute Gasteiger partial charge is 0.311 e. The lowest BCUT2D eigenvalue weighted by molar-refractivity contribution is -0.386. The Morgan fingerprint density at radius 3 is 2.50 bits per heavy atom. The van der Waals surface area contributed by atoms with E-state index in [1.807, 2.05) is 54.6 Å². The molecule has 40 heavy (non-hydrogen) atoms. The molecule has 0 aliphatic rings. The Labute approximate surface area is 234 Å². The van der Waals surface area contributed by atoms with Crippen LogP contribution < -0.4 is 14.8 Å². The van der Waals surface area contributed by atoms with Crippen LogP contribution in [0.25, 0.3) is 22.2 Å². The maximum Gasteiger partial charge on any atom is 0.311 e. The van der Waals surface area contributed by atoms with Gasteiger partial charge in [-0.25, -0.2) is 4.63 Å². The Kier molecular flexibility index (Phi) is 8.50. The van der Waals surface area contributed by atoms with Gasteiger partial charge in [0.25, 0.3) is 0 Å². The zero-order valence-corrected chi connectivity index (χ0v) is 22.0. The predicted octanol–water partition coefficient (Wildman–Crippen LogP) is 5.69. The van der Waals surface area contributed by atoms with Crippen molar-refractivity contribution in [3.8, 4) is 22.6 Å². The van der Waals surface area contributed by atoms with E-state index in [1.165, 1.54) is 12.1 Å². The Morgan fingerprint density at radius 1 is 0.900 bits per heavy atom. The highest BCUT2D eigenvalue weighted by Crippen LogP contribution is 2.37. The normalized spacial score (nSPS) is 11.1. The molecule has 1 aromatic heterocycles. The molecule has 2 N–H and O–H groups in total. The second kappa shape index (κ2) is 12.6. The minimum Gasteiger partial charge on any atom is -0.488 e. The number of aliphatic hydroxyl groups is 1. The average molecular weight is 561 g/mol. The first-order valence-corrected chi connectivity index (χ1v) is 12.8. The number of rotatable bonds is 12. The molecular formula is C29H25ClN4O6. The Hall–Kier alpha value is -4.51. The van der Waals surface area contributed by atoms with E-state index in [-0.39, 0.29) is 37.8 Å². The van der Waals surface area contributed by atoms with Crippen LogP contribution in [0.3, 0.4) is 0 Å². The molecule has 0 aliphatic heterocycles. The van der Waals surface area contributed by atoms with E-state index in [9.17, 15) is 10.1 Å². The van der Waals surface area contributed by atoms with Gasteiger partial charge >= 0.3 is 5.69 Å². The van der Waals surface area contributed by atoms with Gasteiger partial charge in [0, 0.05) is 41.9 Å². The van der Waals surface area contributed by atoms with E-state index in [1.54, 1.807) is 12.1 Å². The zero-order chi connectivity index (χ0) is 27.9. The number of ether oxygens (including phenoxy) is 2. The summed E-state index contributed by atoms with van der Waals surface area (Å²) < 4.78 is 16.8. The minimum absolute atomic E-state index is 0.0116. The molecule has 0 radical (unpaired) electrons. The molecule has 1 heterocycles. The highest BCUT2D eigenvalue weighted by Gasteiger charge is 2.21. The topological polar surface area (TPSA) is 133 Å². The number of benzene rings is 4. The van der Waals surface area contributed by atoms with Gasteiger partial charge in [0.15, 0.2) is 0 Å². The summed E-state index contributed by atoms with van der Waals surface area (Å²) in [7, 11) is 0. The van der Waals surface area contributed by atoms with E-state index in [2.05, 4.69) is 15.6 Å². The van der Waals surface area contributed by atoms with Crippen LogP contribution in [-0.4, -0.2) is 33.5 Å². The molecule has 204 valence electrons. The number of hydrogen-bond donors (Lipinski definition) is 2. The van der Waals surface area contributed by atoms with Crippen molar-refractivity contribution in [2.45, 2.75) is 19.8 Å². The third-order valence-corrected chi connectivity index (χ3v) is 6.65. The van der Waals surface area contributed by atoms with Gasteiger partial charge in [0.05, 0.1) is 16.6 Å². The number of fused-ring (bicyclic) bond motifs is 1. The number of hydrogen-bond acceptors (Lipinski definition) is 9. The lowest BCUT2D eigenvalue weighted by Crippen LogP contribution is -2.18. The molecule has 0 aliphatic carbocycles. The fraction of sp³-hybridized carbons (Fsp3) is 0.172. The lowest BCUT2D eigenvalue weighted by atomic mass is 10.0. The van der Waals surface area contributed by atoms with Crippen LogP contribution in [0.15, 0.2) is 83.5 Å². The van der Waals surface area contributed by atoms with Crippen molar-refractivity contribution >= 4 is 28.3 Å². The van der Waals surface area contributed by atoms with Gasteiger partial charge in [-0.2, -0.15) is 0 Å². The predicted molar refractivity (Wildman–Crippen MR) is 149 cm³/mol. The maximum absolute atomic E-state index is 12.0. The summed E-state index contributed by atoms with van der Waals surface area (Å²) in [5.74, 6) is 0.441. The quantitative estimate of drug-likeness (QED) is 0.112. The molecule has 0 unspecified atom stereocenters. The zero-order valence-electron chi connectivity index (χ0n) is 21.2. The van der Waals surface area contributed by atoms with Crippen molar-refractivity contribution in [2.24, 2.45) is 0 Å². The highest BCUT2D eigenvalue weighted by molar-refractivity contribution is 6.34. The van der Waals surface area contributed by atoms with E-state index in [4.69, 9.17) is 30.8 Å².